The predicted molar refractivity (Wildman–Crippen MR) is 105 cm³/mol. The summed E-state index contributed by atoms with van der Waals surface area (Å²) in [6.07, 6.45) is -0.107. The van der Waals surface area contributed by atoms with Gasteiger partial charge in [-0.2, -0.15) is 0 Å². The highest BCUT2D eigenvalue weighted by atomic mass is 16.7. The van der Waals surface area contributed by atoms with Crippen molar-refractivity contribution in [2.75, 3.05) is 12.1 Å². The van der Waals surface area contributed by atoms with Crippen LogP contribution in [0.15, 0.2) is 66.7 Å². The Labute approximate surface area is 162 Å². The van der Waals surface area contributed by atoms with Gasteiger partial charge in [-0.15, -0.1) is 0 Å². The minimum Gasteiger partial charge on any atom is -0.485 e. The van der Waals surface area contributed by atoms with E-state index in [1.807, 2.05) is 54.6 Å². The number of hydrogen-bond acceptors (Lipinski definition) is 4. The maximum atomic E-state index is 12.4. The lowest BCUT2D eigenvalue weighted by Gasteiger charge is -2.16. The van der Waals surface area contributed by atoms with E-state index in [9.17, 15) is 4.79 Å². The van der Waals surface area contributed by atoms with Crippen LogP contribution in [0.25, 0.3) is 0 Å². The average Bonchev–Trinajstić information content (AvgIpc) is 3.32. The molecular weight excluding hydrogens is 354 g/mol. The highest BCUT2D eigenvalue weighted by molar-refractivity contribution is 6.04. The van der Waals surface area contributed by atoms with Crippen LogP contribution >= 0.6 is 0 Å². The van der Waals surface area contributed by atoms with E-state index in [0.29, 0.717) is 5.56 Å². The largest absolute Gasteiger partial charge is 0.485 e. The van der Waals surface area contributed by atoms with Crippen LogP contribution in [-0.4, -0.2) is 12.7 Å². The van der Waals surface area contributed by atoms with Gasteiger partial charge in [-0.05, 0) is 48.0 Å². The van der Waals surface area contributed by atoms with E-state index in [1.165, 1.54) is 0 Å². The molecule has 5 rings (SSSR count). The summed E-state index contributed by atoms with van der Waals surface area (Å²) in [4.78, 5) is 12.4. The average molecular weight is 373 g/mol. The Bertz CT molecular complexity index is 1050. The van der Waals surface area contributed by atoms with E-state index >= 15 is 0 Å². The molecule has 2 atom stereocenters. The molecule has 0 fully saturated rings. The molecule has 5 nitrogen and oxygen atoms in total. The third-order valence-corrected chi connectivity index (χ3v) is 5.23. The van der Waals surface area contributed by atoms with Gasteiger partial charge in [-0.3, -0.25) is 4.79 Å². The van der Waals surface area contributed by atoms with Crippen LogP contribution in [-0.2, 0) is 0 Å². The summed E-state index contributed by atoms with van der Waals surface area (Å²) in [6, 6.07) is 20.9. The van der Waals surface area contributed by atoms with Gasteiger partial charge in [0.05, 0.1) is 0 Å². The summed E-state index contributed by atoms with van der Waals surface area (Å²) >= 11 is 0. The van der Waals surface area contributed by atoms with Gasteiger partial charge in [0.2, 0.25) is 6.79 Å². The molecule has 0 saturated carbocycles. The summed E-state index contributed by atoms with van der Waals surface area (Å²) in [5, 5.41) is 2.97. The zero-order valence-corrected chi connectivity index (χ0v) is 15.3. The minimum absolute atomic E-state index is 0.107. The molecule has 2 aliphatic heterocycles. The number of amides is 1. The lowest BCUT2D eigenvalue weighted by atomic mass is 9.92. The second-order valence-corrected chi connectivity index (χ2v) is 7.01. The van der Waals surface area contributed by atoms with Gasteiger partial charge in [0.15, 0.2) is 11.5 Å². The molecular formula is C23H19NO4. The zero-order chi connectivity index (χ0) is 19.1. The normalized spacial score (nSPS) is 19.0. The van der Waals surface area contributed by atoms with Crippen LogP contribution in [0.4, 0.5) is 5.69 Å². The van der Waals surface area contributed by atoms with Crippen molar-refractivity contribution in [2.45, 2.75) is 18.9 Å². The summed E-state index contributed by atoms with van der Waals surface area (Å²) in [7, 11) is 0. The molecule has 2 heterocycles. The fourth-order valence-corrected chi connectivity index (χ4v) is 3.73. The second kappa shape index (κ2) is 6.60. The van der Waals surface area contributed by atoms with Crippen molar-refractivity contribution in [1.82, 2.24) is 0 Å². The number of benzene rings is 3. The minimum atomic E-state index is -0.126. The van der Waals surface area contributed by atoms with Crippen molar-refractivity contribution in [3.8, 4) is 17.2 Å². The standard InChI is InChI=1S/C23H19NO4/c1-14-18-12-17(24-23(25)15-5-3-2-4-6-15)8-10-19(18)28-22(14)16-7-9-20-21(11-16)27-13-26-20/h2-12,14,22H,13H2,1H3,(H,24,25)/t14-,22-/m1/s1. The number of ether oxygens (including phenoxy) is 3. The molecule has 3 aromatic rings. The highest BCUT2D eigenvalue weighted by Gasteiger charge is 2.33. The number of nitrogens with one attached hydrogen (secondary N) is 1. The molecule has 0 aliphatic carbocycles. The Morgan fingerprint density at radius 1 is 0.929 bits per heavy atom. The number of carbonyl (C=O) groups is 1. The number of carbonyl (C=O) groups excluding carboxylic acids is 1. The monoisotopic (exact) mass is 373 g/mol. The number of fused-ring (bicyclic) bond motifs is 2. The Morgan fingerprint density at radius 2 is 1.71 bits per heavy atom. The first-order chi connectivity index (χ1) is 13.7. The van der Waals surface area contributed by atoms with Gasteiger partial charge >= 0.3 is 0 Å². The topological polar surface area (TPSA) is 56.8 Å². The quantitative estimate of drug-likeness (QED) is 0.709. The summed E-state index contributed by atoms with van der Waals surface area (Å²) in [6.45, 7) is 2.38. The van der Waals surface area contributed by atoms with Crippen LogP contribution < -0.4 is 19.5 Å². The van der Waals surface area contributed by atoms with Crippen LogP contribution in [0, 0.1) is 0 Å². The van der Waals surface area contributed by atoms with Crippen LogP contribution in [0.5, 0.6) is 17.2 Å². The first-order valence-electron chi connectivity index (χ1n) is 9.25. The highest BCUT2D eigenvalue weighted by Crippen LogP contribution is 2.48. The fraction of sp³-hybridized carbons (Fsp3) is 0.174. The Balaban J connectivity index is 1.38. The number of anilines is 1. The Kier molecular flexibility index (Phi) is 3.93. The SMILES string of the molecule is C[C@@H]1c2cc(NC(=O)c3ccccc3)ccc2O[C@H]1c1ccc2c(c1)OCO2. The number of rotatable bonds is 3. The first kappa shape index (κ1) is 16.7. The van der Waals surface area contributed by atoms with Gasteiger partial charge in [0.25, 0.3) is 5.91 Å². The molecule has 140 valence electrons. The van der Waals surface area contributed by atoms with Crippen LogP contribution in [0.3, 0.4) is 0 Å². The third-order valence-electron chi connectivity index (χ3n) is 5.23. The molecule has 5 heteroatoms. The molecule has 0 bridgehead atoms. The molecule has 1 N–H and O–H groups in total. The smallest absolute Gasteiger partial charge is 0.255 e. The van der Waals surface area contributed by atoms with Gasteiger partial charge in [0, 0.05) is 22.7 Å². The van der Waals surface area contributed by atoms with Gasteiger partial charge in [-0.1, -0.05) is 31.2 Å². The Hall–Kier alpha value is -3.47. The van der Waals surface area contributed by atoms with E-state index in [4.69, 9.17) is 14.2 Å². The van der Waals surface area contributed by atoms with Gasteiger partial charge < -0.3 is 19.5 Å². The summed E-state index contributed by atoms with van der Waals surface area (Å²) in [5.74, 6) is 2.37. The number of hydrogen-bond donors (Lipinski definition) is 1. The van der Waals surface area contributed by atoms with Crippen molar-refractivity contribution >= 4 is 11.6 Å². The van der Waals surface area contributed by atoms with E-state index in [1.54, 1.807) is 12.1 Å². The van der Waals surface area contributed by atoms with Crippen molar-refractivity contribution in [3.05, 3.63) is 83.4 Å². The van der Waals surface area contributed by atoms with Crippen molar-refractivity contribution in [2.24, 2.45) is 0 Å². The van der Waals surface area contributed by atoms with Gasteiger partial charge in [0.1, 0.15) is 11.9 Å². The molecule has 28 heavy (non-hydrogen) atoms. The fourth-order valence-electron chi connectivity index (χ4n) is 3.73. The van der Waals surface area contributed by atoms with E-state index in [2.05, 4.69) is 12.2 Å². The molecule has 2 aliphatic rings. The molecule has 0 aromatic heterocycles. The Morgan fingerprint density at radius 3 is 2.57 bits per heavy atom. The molecule has 0 saturated heterocycles. The zero-order valence-electron chi connectivity index (χ0n) is 15.3. The van der Waals surface area contributed by atoms with Crippen LogP contribution in [0.1, 0.15) is 40.4 Å². The predicted octanol–water partition coefficient (Wildman–Crippen LogP) is 4.90. The van der Waals surface area contributed by atoms with E-state index < -0.39 is 0 Å². The maximum absolute atomic E-state index is 12.4. The van der Waals surface area contributed by atoms with E-state index in [0.717, 1.165) is 34.1 Å². The van der Waals surface area contributed by atoms with E-state index in [-0.39, 0.29) is 24.7 Å². The van der Waals surface area contributed by atoms with Crippen molar-refractivity contribution < 1.29 is 19.0 Å². The lowest BCUT2D eigenvalue weighted by molar-refractivity contribution is 0.102. The first-order valence-corrected chi connectivity index (χ1v) is 9.25. The summed E-state index contributed by atoms with van der Waals surface area (Å²) in [5.41, 5.74) is 3.51. The van der Waals surface area contributed by atoms with Crippen molar-refractivity contribution in [1.29, 1.82) is 0 Å². The lowest BCUT2D eigenvalue weighted by Crippen LogP contribution is -2.11. The maximum Gasteiger partial charge on any atom is 0.255 e. The summed E-state index contributed by atoms with van der Waals surface area (Å²) < 4.78 is 17.1. The molecule has 1 amide bonds. The van der Waals surface area contributed by atoms with Crippen molar-refractivity contribution in [3.63, 3.8) is 0 Å². The molecule has 3 aromatic carbocycles. The molecule has 0 unspecified atom stereocenters. The van der Waals surface area contributed by atoms with Gasteiger partial charge in [-0.25, -0.2) is 0 Å². The third kappa shape index (κ3) is 2.85. The molecule has 0 spiro atoms. The van der Waals surface area contributed by atoms with Crippen LogP contribution in [0.2, 0.25) is 0 Å². The second-order valence-electron chi connectivity index (χ2n) is 7.01. The molecule has 0 radical (unpaired) electrons.